The fourth-order valence-electron chi connectivity index (χ4n) is 1.34. The van der Waals surface area contributed by atoms with E-state index in [4.69, 9.17) is 4.74 Å². The molecule has 2 rings (SSSR count). The molecule has 1 heterocycles. The van der Waals surface area contributed by atoms with Crippen molar-refractivity contribution in [1.82, 2.24) is 4.98 Å². The number of aryl methyl sites for hydroxylation is 2. The summed E-state index contributed by atoms with van der Waals surface area (Å²) < 4.78 is 18.5. The molecule has 0 unspecified atom stereocenters. The third kappa shape index (κ3) is 2.58. The van der Waals surface area contributed by atoms with Crippen LogP contribution in [0.15, 0.2) is 23.6 Å². The van der Waals surface area contributed by atoms with Crippen molar-refractivity contribution < 1.29 is 9.13 Å². The van der Waals surface area contributed by atoms with Gasteiger partial charge in [0, 0.05) is 5.38 Å². The number of halogens is 1. The molecule has 84 valence electrons. The van der Waals surface area contributed by atoms with Gasteiger partial charge in [0.25, 0.3) is 0 Å². The highest BCUT2D eigenvalue weighted by Crippen LogP contribution is 2.17. The van der Waals surface area contributed by atoms with Crippen molar-refractivity contribution in [2.45, 2.75) is 20.5 Å². The first-order valence-electron chi connectivity index (χ1n) is 4.95. The zero-order chi connectivity index (χ0) is 11.5. The van der Waals surface area contributed by atoms with Gasteiger partial charge in [-0.1, -0.05) is 0 Å². The molecule has 0 N–H and O–H groups in total. The van der Waals surface area contributed by atoms with Gasteiger partial charge in [-0.2, -0.15) is 0 Å². The largest absolute Gasteiger partial charge is 0.487 e. The highest BCUT2D eigenvalue weighted by atomic mass is 32.1. The summed E-state index contributed by atoms with van der Waals surface area (Å²) in [5, 5.41) is 2.99. The fourth-order valence-corrected chi connectivity index (χ4v) is 1.94. The SMILES string of the molecule is Cc1nc(COc2ccc(F)c(C)c2)cs1. The molecule has 0 aliphatic carbocycles. The fraction of sp³-hybridized carbons (Fsp3) is 0.250. The molecule has 0 atom stereocenters. The number of thiazole rings is 1. The Morgan fingerprint density at radius 2 is 2.19 bits per heavy atom. The molecule has 0 bridgehead atoms. The minimum atomic E-state index is -0.211. The summed E-state index contributed by atoms with van der Waals surface area (Å²) in [4.78, 5) is 4.29. The summed E-state index contributed by atoms with van der Waals surface area (Å²) in [5.74, 6) is 0.460. The van der Waals surface area contributed by atoms with Crippen molar-refractivity contribution in [1.29, 1.82) is 0 Å². The maximum absolute atomic E-state index is 13.0. The average Bonchev–Trinajstić information content (AvgIpc) is 2.66. The van der Waals surface area contributed by atoms with Gasteiger partial charge in [-0.25, -0.2) is 9.37 Å². The summed E-state index contributed by atoms with van der Waals surface area (Å²) in [6.07, 6.45) is 0. The maximum Gasteiger partial charge on any atom is 0.131 e. The average molecular weight is 237 g/mol. The van der Waals surface area contributed by atoms with E-state index in [0.717, 1.165) is 10.7 Å². The minimum Gasteiger partial charge on any atom is -0.487 e. The Hall–Kier alpha value is -1.42. The van der Waals surface area contributed by atoms with Crippen molar-refractivity contribution in [3.63, 3.8) is 0 Å². The van der Waals surface area contributed by atoms with Crippen LogP contribution in [0.2, 0.25) is 0 Å². The number of hydrogen-bond acceptors (Lipinski definition) is 3. The molecule has 2 nitrogen and oxygen atoms in total. The van der Waals surface area contributed by atoms with E-state index in [0.29, 0.717) is 17.9 Å². The quantitative estimate of drug-likeness (QED) is 0.815. The molecule has 1 aromatic heterocycles. The Bertz CT molecular complexity index is 496. The number of ether oxygens (including phenoxy) is 1. The number of rotatable bonds is 3. The number of nitrogens with zero attached hydrogens (tertiary/aromatic N) is 1. The van der Waals surface area contributed by atoms with E-state index in [-0.39, 0.29) is 5.82 Å². The van der Waals surface area contributed by atoms with Gasteiger partial charge < -0.3 is 4.74 Å². The summed E-state index contributed by atoms with van der Waals surface area (Å²) in [7, 11) is 0. The van der Waals surface area contributed by atoms with E-state index in [1.165, 1.54) is 6.07 Å². The Balaban J connectivity index is 2.02. The lowest BCUT2D eigenvalue weighted by molar-refractivity contribution is 0.301. The topological polar surface area (TPSA) is 22.1 Å². The standard InChI is InChI=1S/C12H12FNOS/c1-8-5-11(3-4-12(8)13)15-6-10-7-16-9(2)14-10/h3-5,7H,6H2,1-2H3. The van der Waals surface area contributed by atoms with Gasteiger partial charge in [0.05, 0.1) is 10.7 Å². The Labute approximate surface area is 97.7 Å². The van der Waals surface area contributed by atoms with Gasteiger partial charge >= 0.3 is 0 Å². The van der Waals surface area contributed by atoms with Crippen LogP contribution in [-0.2, 0) is 6.61 Å². The normalized spacial score (nSPS) is 10.4. The first-order valence-corrected chi connectivity index (χ1v) is 5.83. The van der Waals surface area contributed by atoms with E-state index in [2.05, 4.69) is 4.98 Å². The molecule has 0 fully saturated rings. The Morgan fingerprint density at radius 3 is 2.81 bits per heavy atom. The Morgan fingerprint density at radius 1 is 1.38 bits per heavy atom. The van der Waals surface area contributed by atoms with Crippen molar-refractivity contribution in [3.8, 4) is 5.75 Å². The molecule has 16 heavy (non-hydrogen) atoms. The second-order valence-electron chi connectivity index (χ2n) is 3.56. The van der Waals surface area contributed by atoms with Crippen molar-refractivity contribution in [2.75, 3.05) is 0 Å². The minimum absolute atomic E-state index is 0.211. The first kappa shape index (κ1) is 11.1. The van der Waals surface area contributed by atoms with Crippen LogP contribution in [0.4, 0.5) is 4.39 Å². The van der Waals surface area contributed by atoms with E-state index in [9.17, 15) is 4.39 Å². The van der Waals surface area contributed by atoms with E-state index in [1.54, 1.807) is 30.4 Å². The van der Waals surface area contributed by atoms with Crippen LogP contribution in [0.1, 0.15) is 16.3 Å². The number of aromatic nitrogens is 1. The zero-order valence-corrected chi connectivity index (χ0v) is 9.97. The van der Waals surface area contributed by atoms with Crippen LogP contribution < -0.4 is 4.74 Å². The Kier molecular flexibility index (Phi) is 3.19. The molecule has 0 aliphatic heterocycles. The first-order chi connectivity index (χ1) is 7.65. The molecule has 0 radical (unpaired) electrons. The summed E-state index contributed by atoms with van der Waals surface area (Å²) in [5.41, 5.74) is 1.50. The lowest BCUT2D eigenvalue weighted by Gasteiger charge is -2.05. The molecular weight excluding hydrogens is 225 g/mol. The van der Waals surface area contributed by atoms with Crippen LogP contribution in [-0.4, -0.2) is 4.98 Å². The third-order valence-corrected chi connectivity index (χ3v) is 3.01. The van der Waals surface area contributed by atoms with E-state index >= 15 is 0 Å². The van der Waals surface area contributed by atoms with Gasteiger partial charge in [0.15, 0.2) is 0 Å². The van der Waals surface area contributed by atoms with Gasteiger partial charge in [-0.15, -0.1) is 11.3 Å². The van der Waals surface area contributed by atoms with E-state index in [1.807, 2.05) is 12.3 Å². The van der Waals surface area contributed by atoms with Gasteiger partial charge in [0.1, 0.15) is 18.2 Å². The summed E-state index contributed by atoms with van der Waals surface area (Å²) >= 11 is 1.59. The van der Waals surface area contributed by atoms with E-state index < -0.39 is 0 Å². The zero-order valence-electron chi connectivity index (χ0n) is 9.16. The van der Waals surface area contributed by atoms with Crippen LogP contribution in [0.25, 0.3) is 0 Å². The monoisotopic (exact) mass is 237 g/mol. The van der Waals surface area contributed by atoms with Crippen LogP contribution in [0.5, 0.6) is 5.75 Å². The highest BCUT2D eigenvalue weighted by Gasteiger charge is 2.02. The van der Waals surface area contributed by atoms with Crippen LogP contribution in [0.3, 0.4) is 0 Å². The van der Waals surface area contributed by atoms with Crippen LogP contribution in [0, 0.1) is 19.7 Å². The summed E-state index contributed by atoms with van der Waals surface area (Å²) in [6.45, 7) is 4.10. The molecule has 0 spiro atoms. The second kappa shape index (κ2) is 4.61. The third-order valence-electron chi connectivity index (χ3n) is 2.18. The molecule has 0 amide bonds. The van der Waals surface area contributed by atoms with Gasteiger partial charge in [0.2, 0.25) is 0 Å². The predicted molar refractivity (Wildman–Crippen MR) is 62.3 cm³/mol. The van der Waals surface area contributed by atoms with Gasteiger partial charge in [-0.05, 0) is 37.6 Å². The highest BCUT2D eigenvalue weighted by molar-refractivity contribution is 7.09. The lowest BCUT2D eigenvalue weighted by atomic mass is 10.2. The molecular formula is C12H12FNOS. The van der Waals surface area contributed by atoms with Crippen LogP contribution >= 0.6 is 11.3 Å². The smallest absolute Gasteiger partial charge is 0.131 e. The van der Waals surface area contributed by atoms with Crippen molar-refractivity contribution in [2.24, 2.45) is 0 Å². The van der Waals surface area contributed by atoms with Crippen molar-refractivity contribution >= 4 is 11.3 Å². The molecule has 2 aromatic rings. The predicted octanol–water partition coefficient (Wildman–Crippen LogP) is 3.48. The molecule has 0 saturated heterocycles. The second-order valence-corrected chi connectivity index (χ2v) is 4.62. The molecule has 1 aromatic carbocycles. The number of benzene rings is 1. The number of hydrogen-bond donors (Lipinski definition) is 0. The summed E-state index contributed by atoms with van der Waals surface area (Å²) in [6, 6.07) is 4.73. The molecule has 4 heteroatoms. The maximum atomic E-state index is 13.0. The molecule has 0 saturated carbocycles. The molecule has 0 aliphatic rings. The van der Waals surface area contributed by atoms with Gasteiger partial charge in [-0.3, -0.25) is 0 Å². The van der Waals surface area contributed by atoms with Crippen molar-refractivity contribution in [3.05, 3.63) is 45.7 Å². The lowest BCUT2D eigenvalue weighted by Crippen LogP contribution is -1.96.